The fraction of sp³-hybridized carbons (Fsp3) is 0.400. The Morgan fingerprint density at radius 3 is 2.72 bits per heavy atom. The number of nitrogens with two attached hydrogens (primary N) is 1. The maximum atomic E-state index is 10.9. The van der Waals surface area contributed by atoms with E-state index in [1.165, 1.54) is 6.07 Å². The molecule has 0 unspecified atom stereocenters. The molecule has 0 aliphatic rings. The molecule has 1 aromatic rings. The van der Waals surface area contributed by atoms with E-state index in [0.29, 0.717) is 10.3 Å². The first-order valence-corrected chi connectivity index (χ1v) is 5.87. The van der Waals surface area contributed by atoms with Gasteiger partial charge in [0.1, 0.15) is 12.0 Å². The molecule has 8 heteroatoms. The largest absolute Gasteiger partial charge is 0.370 e. The minimum atomic E-state index is -0.586. The summed E-state index contributed by atoms with van der Waals surface area (Å²) >= 11 is 3.19. The Morgan fingerprint density at radius 2 is 2.28 bits per heavy atom. The molecule has 0 atom stereocenters. The molecule has 0 radical (unpaired) electrons. The zero-order chi connectivity index (χ0) is 13.9. The van der Waals surface area contributed by atoms with Crippen LogP contribution in [-0.4, -0.2) is 21.4 Å². The molecular weight excluding hydrogens is 304 g/mol. The molecule has 0 bridgehead atoms. The van der Waals surface area contributed by atoms with Crippen LogP contribution in [0.25, 0.3) is 0 Å². The maximum absolute atomic E-state index is 10.9. The molecule has 1 rings (SSSR count). The van der Waals surface area contributed by atoms with Gasteiger partial charge in [0.2, 0.25) is 5.91 Å². The fourth-order valence-corrected chi connectivity index (χ4v) is 1.86. The van der Waals surface area contributed by atoms with Gasteiger partial charge in [-0.3, -0.25) is 14.9 Å². The highest BCUT2D eigenvalue weighted by Gasteiger charge is 2.22. The van der Waals surface area contributed by atoms with Crippen LogP contribution in [0.5, 0.6) is 0 Å². The third kappa shape index (κ3) is 3.95. The number of halogens is 1. The fourth-order valence-electron chi connectivity index (χ4n) is 1.42. The highest BCUT2D eigenvalue weighted by atomic mass is 79.9. The van der Waals surface area contributed by atoms with Gasteiger partial charge < -0.3 is 11.1 Å². The van der Waals surface area contributed by atoms with Crippen LogP contribution < -0.4 is 11.1 Å². The lowest BCUT2D eigenvalue weighted by Gasteiger charge is -2.25. The van der Waals surface area contributed by atoms with Gasteiger partial charge in [-0.25, -0.2) is 4.98 Å². The Kier molecular flexibility index (Phi) is 4.23. The van der Waals surface area contributed by atoms with Gasteiger partial charge in [-0.1, -0.05) is 0 Å². The number of carbonyl (C=O) groups excluding carboxylic acids is 1. The highest BCUT2D eigenvalue weighted by molar-refractivity contribution is 9.10. The SMILES string of the molecule is CC(C)(CC(N)=O)Nc1ncc([N+](=O)[O-])cc1Br. The molecule has 98 valence electrons. The first kappa shape index (κ1) is 14.4. The summed E-state index contributed by atoms with van der Waals surface area (Å²) in [6.45, 7) is 3.57. The topological polar surface area (TPSA) is 111 Å². The number of nitrogens with one attached hydrogen (secondary N) is 1. The summed E-state index contributed by atoms with van der Waals surface area (Å²) in [7, 11) is 0. The normalized spacial score (nSPS) is 11.1. The van der Waals surface area contributed by atoms with Gasteiger partial charge >= 0.3 is 0 Å². The number of carbonyl (C=O) groups is 1. The molecule has 0 aliphatic heterocycles. The second-order valence-corrected chi connectivity index (χ2v) is 5.29. The van der Waals surface area contributed by atoms with Gasteiger partial charge in [0.05, 0.1) is 9.40 Å². The standard InChI is InChI=1S/C10H13BrN4O3/c1-10(2,4-8(12)16)14-9-7(11)3-6(5-13-9)15(17)18/h3,5H,4H2,1-2H3,(H2,12,16)(H,13,14). The van der Waals surface area contributed by atoms with Crippen LogP contribution in [0.4, 0.5) is 11.5 Å². The van der Waals surface area contributed by atoms with Gasteiger partial charge in [-0.2, -0.15) is 0 Å². The summed E-state index contributed by atoms with van der Waals surface area (Å²) in [5, 5.41) is 13.6. The van der Waals surface area contributed by atoms with Crippen molar-refractivity contribution in [3.05, 3.63) is 26.9 Å². The third-order valence-corrected chi connectivity index (χ3v) is 2.72. The van der Waals surface area contributed by atoms with E-state index in [1.807, 2.05) is 0 Å². The molecule has 18 heavy (non-hydrogen) atoms. The van der Waals surface area contributed by atoms with E-state index in [4.69, 9.17) is 5.73 Å². The molecule has 0 aliphatic carbocycles. The molecule has 0 saturated heterocycles. The monoisotopic (exact) mass is 316 g/mol. The van der Waals surface area contributed by atoms with E-state index in [-0.39, 0.29) is 12.1 Å². The van der Waals surface area contributed by atoms with Crippen molar-refractivity contribution in [2.75, 3.05) is 5.32 Å². The lowest BCUT2D eigenvalue weighted by molar-refractivity contribution is -0.385. The summed E-state index contributed by atoms with van der Waals surface area (Å²) in [5.74, 6) is -0.0163. The minimum Gasteiger partial charge on any atom is -0.370 e. The highest BCUT2D eigenvalue weighted by Crippen LogP contribution is 2.27. The predicted molar refractivity (Wildman–Crippen MR) is 70.1 cm³/mol. The second kappa shape index (κ2) is 5.30. The van der Waals surface area contributed by atoms with Crippen LogP contribution in [0.1, 0.15) is 20.3 Å². The molecule has 1 aromatic heterocycles. The van der Waals surface area contributed by atoms with Crippen LogP contribution in [-0.2, 0) is 4.79 Å². The number of rotatable bonds is 5. The number of nitro groups is 1. The quantitative estimate of drug-likeness (QED) is 0.635. The first-order valence-electron chi connectivity index (χ1n) is 5.08. The zero-order valence-electron chi connectivity index (χ0n) is 9.94. The molecule has 0 aromatic carbocycles. The smallest absolute Gasteiger partial charge is 0.288 e. The average molecular weight is 317 g/mol. The Labute approximate surface area is 112 Å². The van der Waals surface area contributed by atoms with Crippen LogP contribution in [0, 0.1) is 10.1 Å². The van der Waals surface area contributed by atoms with Crippen LogP contribution in [0.3, 0.4) is 0 Å². The number of primary amides is 1. The molecular formula is C10H13BrN4O3. The van der Waals surface area contributed by atoms with Crippen molar-refractivity contribution in [3.63, 3.8) is 0 Å². The first-order chi connectivity index (χ1) is 8.21. The number of hydrogen-bond acceptors (Lipinski definition) is 5. The zero-order valence-corrected chi connectivity index (χ0v) is 11.5. The number of amides is 1. The number of anilines is 1. The van der Waals surface area contributed by atoms with E-state index in [0.717, 1.165) is 6.20 Å². The number of nitrogens with zero attached hydrogens (tertiary/aromatic N) is 2. The number of hydrogen-bond donors (Lipinski definition) is 2. The third-order valence-electron chi connectivity index (χ3n) is 2.11. The van der Waals surface area contributed by atoms with Crippen LogP contribution in [0.15, 0.2) is 16.7 Å². The summed E-state index contributed by atoms with van der Waals surface area (Å²) in [4.78, 5) is 24.9. The lowest BCUT2D eigenvalue weighted by Crippen LogP contribution is -2.36. The van der Waals surface area contributed by atoms with Gasteiger partial charge in [0, 0.05) is 18.0 Å². The summed E-state index contributed by atoms with van der Waals surface area (Å²) in [6.07, 6.45) is 1.27. The van der Waals surface area contributed by atoms with E-state index < -0.39 is 16.4 Å². The molecule has 1 heterocycles. The van der Waals surface area contributed by atoms with Gasteiger partial charge in [0.15, 0.2) is 0 Å². The summed E-state index contributed by atoms with van der Waals surface area (Å²) in [5.41, 5.74) is 4.44. The minimum absolute atomic E-state index is 0.111. The Morgan fingerprint density at radius 1 is 1.67 bits per heavy atom. The van der Waals surface area contributed by atoms with Gasteiger partial charge in [0.25, 0.3) is 5.69 Å². The summed E-state index contributed by atoms with van der Waals surface area (Å²) < 4.78 is 0.453. The van der Waals surface area contributed by atoms with Crippen molar-refractivity contribution in [2.24, 2.45) is 5.73 Å². The van der Waals surface area contributed by atoms with E-state index >= 15 is 0 Å². The Balaban J connectivity index is 2.92. The van der Waals surface area contributed by atoms with Gasteiger partial charge in [-0.05, 0) is 29.8 Å². The van der Waals surface area contributed by atoms with Crippen molar-refractivity contribution in [1.82, 2.24) is 4.98 Å². The van der Waals surface area contributed by atoms with Crippen molar-refractivity contribution in [3.8, 4) is 0 Å². The predicted octanol–water partition coefficient (Wildman–Crippen LogP) is 1.82. The molecule has 0 saturated carbocycles. The Bertz CT molecular complexity index is 490. The van der Waals surface area contributed by atoms with E-state index in [9.17, 15) is 14.9 Å². The van der Waals surface area contributed by atoms with Crippen molar-refractivity contribution in [1.29, 1.82) is 0 Å². The van der Waals surface area contributed by atoms with Crippen molar-refractivity contribution in [2.45, 2.75) is 25.8 Å². The molecule has 7 nitrogen and oxygen atoms in total. The lowest BCUT2D eigenvalue weighted by atomic mass is 10.0. The Hall–Kier alpha value is -1.70. The number of aromatic nitrogens is 1. The average Bonchev–Trinajstić information content (AvgIpc) is 2.18. The van der Waals surface area contributed by atoms with Crippen LogP contribution >= 0.6 is 15.9 Å². The second-order valence-electron chi connectivity index (χ2n) is 4.43. The van der Waals surface area contributed by atoms with Crippen molar-refractivity contribution >= 4 is 33.3 Å². The van der Waals surface area contributed by atoms with Gasteiger partial charge in [-0.15, -0.1) is 0 Å². The molecule has 0 fully saturated rings. The number of pyridine rings is 1. The molecule has 1 amide bonds. The van der Waals surface area contributed by atoms with Crippen LogP contribution in [0.2, 0.25) is 0 Å². The van der Waals surface area contributed by atoms with E-state index in [1.54, 1.807) is 13.8 Å². The molecule has 3 N–H and O–H groups in total. The molecule has 0 spiro atoms. The van der Waals surface area contributed by atoms with E-state index in [2.05, 4.69) is 26.2 Å². The maximum Gasteiger partial charge on any atom is 0.288 e. The summed E-state index contributed by atoms with van der Waals surface area (Å²) in [6, 6.07) is 1.34. The van der Waals surface area contributed by atoms with Crippen molar-refractivity contribution < 1.29 is 9.72 Å².